The summed E-state index contributed by atoms with van der Waals surface area (Å²) in [6.45, 7) is 5.37. The van der Waals surface area contributed by atoms with E-state index in [9.17, 15) is 0 Å². The number of fused-ring (bicyclic) bond motifs is 1. The summed E-state index contributed by atoms with van der Waals surface area (Å²) in [5, 5.41) is 8.75. The predicted molar refractivity (Wildman–Crippen MR) is 66.3 cm³/mol. The van der Waals surface area contributed by atoms with Gasteiger partial charge in [-0.1, -0.05) is 13.8 Å². The first-order valence-electron chi connectivity index (χ1n) is 6.34. The molecule has 0 amide bonds. The van der Waals surface area contributed by atoms with Crippen molar-refractivity contribution >= 4 is 6.34 Å². The molecule has 2 aliphatic rings. The minimum atomic E-state index is 0.416. The molecule has 0 spiro atoms. The Kier molecular flexibility index (Phi) is 3.69. The van der Waals surface area contributed by atoms with Gasteiger partial charge in [0.05, 0.1) is 18.4 Å². The molecule has 0 aromatic heterocycles. The topological polar surface area (TPSA) is 78.5 Å². The maximum Gasteiger partial charge on any atom is 0.225 e. The van der Waals surface area contributed by atoms with Crippen molar-refractivity contribution in [2.45, 2.75) is 38.8 Å². The van der Waals surface area contributed by atoms with Crippen LogP contribution in [0, 0.1) is 11.8 Å². The van der Waals surface area contributed by atoms with Gasteiger partial charge in [-0.3, -0.25) is 4.99 Å². The lowest BCUT2D eigenvalue weighted by atomic mass is 9.76. The van der Waals surface area contributed by atoms with E-state index >= 15 is 0 Å². The summed E-state index contributed by atoms with van der Waals surface area (Å²) in [4.78, 5) is 6.83. The molecule has 1 saturated carbocycles. The lowest BCUT2D eigenvalue weighted by Crippen LogP contribution is -2.80. The molecule has 1 heterocycles. The Morgan fingerprint density at radius 1 is 1.53 bits per heavy atom. The van der Waals surface area contributed by atoms with Gasteiger partial charge in [-0.25, -0.2) is 5.21 Å². The Balaban J connectivity index is 1.96. The van der Waals surface area contributed by atoms with Crippen LogP contribution in [-0.2, 0) is 0 Å². The maximum absolute atomic E-state index is 8.75. The molecule has 96 valence electrons. The molecule has 2 rings (SSSR count). The quantitative estimate of drug-likeness (QED) is 0.601. The first kappa shape index (κ1) is 12.4. The number of nitrogens with two attached hydrogens (primary N) is 2. The molecule has 0 aromatic carbocycles. The molecule has 1 aliphatic heterocycles. The third-order valence-corrected chi connectivity index (χ3v) is 4.16. The molecule has 0 saturated heterocycles. The van der Waals surface area contributed by atoms with Gasteiger partial charge < -0.3 is 10.6 Å². The van der Waals surface area contributed by atoms with Gasteiger partial charge in [-0.05, 0) is 24.7 Å². The van der Waals surface area contributed by atoms with E-state index in [0.29, 0.717) is 17.9 Å². The van der Waals surface area contributed by atoms with E-state index in [4.69, 9.17) is 10.9 Å². The molecular formula is C12H23N4O+. The molecule has 0 aromatic rings. The first-order chi connectivity index (χ1) is 8.11. The van der Waals surface area contributed by atoms with Crippen molar-refractivity contribution in [2.24, 2.45) is 22.6 Å². The Morgan fingerprint density at radius 2 is 2.24 bits per heavy atom. The SMILES string of the molecule is CC1CC2N=CN(C/C=C(/N)[NH2+]O)C2CC1C. The largest absolute Gasteiger partial charge is 0.354 e. The third-order valence-electron chi connectivity index (χ3n) is 4.16. The standard InChI is InChI=1S/C12H22N4O/c1-8-5-10-11(6-9(8)2)16(7-14-10)4-3-12(13)15-17/h3,7-11,15,17H,4-6,13H2,1-2H3/p+1/b12-3-. The van der Waals surface area contributed by atoms with Gasteiger partial charge in [0.1, 0.15) is 0 Å². The van der Waals surface area contributed by atoms with Crippen molar-refractivity contribution in [3.63, 3.8) is 0 Å². The summed E-state index contributed by atoms with van der Waals surface area (Å²) in [7, 11) is 0. The van der Waals surface area contributed by atoms with E-state index in [2.05, 4.69) is 23.7 Å². The summed E-state index contributed by atoms with van der Waals surface area (Å²) in [5.74, 6) is 1.94. The van der Waals surface area contributed by atoms with E-state index in [0.717, 1.165) is 23.9 Å². The van der Waals surface area contributed by atoms with Gasteiger partial charge in [-0.2, -0.15) is 5.48 Å². The minimum absolute atomic E-state index is 0.416. The minimum Gasteiger partial charge on any atom is -0.354 e. The monoisotopic (exact) mass is 239 g/mol. The smallest absolute Gasteiger partial charge is 0.225 e. The second-order valence-electron chi connectivity index (χ2n) is 5.36. The average molecular weight is 239 g/mol. The zero-order chi connectivity index (χ0) is 12.4. The second kappa shape index (κ2) is 5.06. The van der Waals surface area contributed by atoms with Crippen LogP contribution >= 0.6 is 0 Å². The van der Waals surface area contributed by atoms with Gasteiger partial charge in [0.2, 0.25) is 5.82 Å². The fourth-order valence-electron chi connectivity index (χ4n) is 2.76. The Bertz CT molecular complexity index is 328. The molecule has 0 bridgehead atoms. The lowest BCUT2D eigenvalue weighted by molar-refractivity contribution is -0.852. The van der Waals surface area contributed by atoms with Crippen molar-refractivity contribution in [3.8, 4) is 0 Å². The normalized spacial score (nSPS) is 37.4. The number of quaternary nitrogens is 1. The second-order valence-corrected chi connectivity index (χ2v) is 5.36. The van der Waals surface area contributed by atoms with Crippen molar-refractivity contribution in [1.29, 1.82) is 0 Å². The highest BCUT2D eigenvalue weighted by atomic mass is 16.5. The van der Waals surface area contributed by atoms with Crippen molar-refractivity contribution in [2.75, 3.05) is 6.54 Å². The van der Waals surface area contributed by atoms with Gasteiger partial charge in [0.15, 0.2) is 0 Å². The van der Waals surface area contributed by atoms with E-state index in [1.165, 1.54) is 12.8 Å². The van der Waals surface area contributed by atoms with Crippen LogP contribution in [0.15, 0.2) is 16.9 Å². The average Bonchev–Trinajstić information content (AvgIpc) is 2.69. The molecule has 4 atom stereocenters. The fraction of sp³-hybridized carbons (Fsp3) is 0.750. The van der Waals surface area contributed by atoms with Crippen LogP contribution in [0.5, 0.6) is 0 Å². The van der Waals surface area contributed by atoms with Crippen molar-refractivity contribution in [1.82, 2.24) is 4.90 Å². The predicted octanol–water partition coefficient (Wildman–Crippen LogP) is -0.114. The fourth-order valence-corrected chi connectivity index (χ4v) is 2.76. The van der Waals surface area contributed by atoms with Crippen molar-refractivity contribution in [3.05, 3.63) is 11.9 Å². The van der Waals surface area contributed by atoms with Gasteiger partial charge in [-0.15, -0.1) is 0 Å². The molecule has 0 radical (unpaired) electrons. The molecule has 1 fully saturated rings. The van der Waals surface area contributed by atoms with Gasteiger partial charge in [0, 0.05) is 12.6 Å². The zero-order valence-electron chi connectivity index (χ0n) is 10.6. The van der Waals surface area contributed by atoms with Crippen molar-refractivity contribution < 1.29 is 10.7 Å². The van der Waals surface area contributed by atoms with Crippen LogP contribution in [0.25, 0.3) is 0 Å². The summed E-state index contributed by atoms with van der Waals surface area (Å²) < 4.78 is 0. The van der Waals surface area contributed by atoms with Crippen LogP contribution in [0.3, 0.4) is 0 Å². The van der Waals surface area contributed by atoms with E-state index < -0.39 is 0 Å². The summed E-state index contributed by atoms with van der Waals surface area (Å²) in [6, 6.07) is 0.970. The van der Waals surface area contributed by atoms with Crippen LogP contribution in [0.2, 0.25) is 0 Å². The molecule has 1 aliphatic carbocycles. The molecular weight excluding hydrogens is 216 g/mol. The molecule has 5 nitrogen and oxygen atoms in total. The third kappa shape index (κ3) is 2.61. The highest BCUT2D eigenvalue weighted by Gasteiger charge is 2.38. The highest BCUT2D eigenvalue weighted by Crippen LogP contribution is 2.35. The van der Waals surface area contributed by atoms with Gasteiger partial charge in [0.25, 0.3) is 0 Å². The summed E-state index contributed by atoms with van der Waals surface area (Å²) in [5.41, 5.74) is 6.49. The summed E-state index contributed by atoms with van der Waals surface area (Å²) >= 11 is 0. The van der Waals surface area contributed by atoms with Gasteiger partial charge >= 0.3 is 0 Å². The summed E-state index contributed by atoms with van der Waals surface area (Å²) in [6.07, 6.45) is 6.16. The Morgan fingerprint density at radius 3 is 2.94 bits per heavy atom. The van der Waals surface area contributed by atoms with E-state index in [-0.39, 0.29) is 0 Å². The maximum atomic E-state index is 8.75. The van der Waals surface area contributed by atoms with Crippen LogP contribution in [-0.4, -0.2) is 35.1 Å². The molecule has 17 heavy (non-hydrogen) atoms. The number of hydroxylamine groups is 1. The number of aliphatic imine (C=N–C) groups is 1. The number of hydrogen-bond donors (Lipinski definition) is 3. The van der Waals surface area contributed by atoms with E-state index in [1.807, 2.05) is 12.4 Å². The Hall–Kier alpha value is -1.07. The molecule has 4 unspecified atom stereocenters. The van der Waals surface area contributed by atoms with Crippen LogP contribution in [0.4, 0.5) is 0 Å². The van der Waals surface area contributed by atoms with Crippen LogP contribution < -0.4 is 11.2 Å². The van der Waals surface area contributed by atoms with Crippen LogP contribution in [0.1, 0.15) is 26.7 Å². The number of rotatable bonds is 3. The Labute approximate surface area is 102 Å². The van der Waals surface area contributed by atoms with E-state index in [1.54, 1.807) is 0 Å². The zero-order valence-corrected chi connectivity index (χ0v) is 10.6. The number of hydrogen-bond acceptors (Lipinski definition) is 4. The lowest BCUT2D eigenvalue weighted by Gasteiger charge is -2.37. The molecule has 5 heteroatoms. The number of nitrogens with zero attached hydrogens (tertiary/aromatic N) is 2. The highest BCUT2D eigenvalue weighted by molar-refractivity contribution is 5.59. The molecule has 5 N–H and O–H groups in total. The first-order valence-corrected chi connectivity index (χ1v) is 6.34.